The number of urea groups is 1. The Kier molecular flexibility index (Phi) is 5.18. The molecule has 144 valence electrons. The van der Waals surface area contributed by atoms with Gasteiger partial charge >= 0.3 is 6.03 Å². The predicted octanol–water partition coefficient (Wildman–Crippen LogP) is 3.54. The van der Waals surface area contributed by atoms with E-state index in [1.165, 1.54) is 6.33 Å². The molecule has 2 amide bonds. The lowest BCUT2D eigenvalue weighted by molar-refractivity contribution is 0.262. The highest BCUT2D eigenvalue weighted by molar-refractivity contribution is 5.99. The van der Waals surface area contributed by atoms with Crippen molar-refractivity contribution in [3.63, 3.8) is 0 Å². The Bertz CT molecular complexity index is 932. The lowest BCUT2D eigenvalue weighted by Gasteiger charge is -2.32. The first-order chi connectivity index (χ1) is 13.7. The van der Waals surface area contributed by atoms with Crippen molar-refractivity contribution in [2.24, 2.45) is 5.92 Å². The molecule has 0 spiro atoms. The van der Waals surface area contributed by atoms with Crippen LogP contribution >= 0.6 is 0 Å². The molecule has 2 aromatic heterocycles. The second kappa shape index (κ2) is 8.08. The molecule has 1 saturated heterocycles. The van der Waals surface area contributed by atoms with Gasteiger partial charge in [-0.2, -0.15) is 5.10 Å². The number of aromatic nitrogens is 4. The van der Waals surface area contributed by atoms with Gasteiger partial charge in [0, 0.05) is 18.8 Å². The molecule has 1 aliphatic rings. The zero-order valence-electron chi connectivity index (χ0n) is 15.7. The van der Waals surface area contributed by atoms with Gasteiger partial charge < -0.3 is 15.5 Å². The van der Waals surface area contributed by atoms with Crippen molar-refractivity contribution >= 4 is 23.1 Å². The second-order valence-electron chi connectivity index (χ2n) is 7.02. The smallest absolute Gasteiger partial charge is 0.323 e. The summed E-state index contributed by atoms with van der Waals surface area (Å²) in [7, 11) is 0. The zero-order valence-corrected chi connectivity index (χ0v) is 15.7. The van der Waals surface area contributed by atoms with Crippen molar-refractivity contribution in [3.05, 3.63) is 55.2 Å². The van der Waals surface area contributed by atoms with Crippen molar-refractivity contribution < 1.29 is 4.79 Å². The fourth-order valence-electron chi connectivity index (χ4n) is 3.28. The number of hydrogen-bond acceptors (Lipinski definition) is 5. The molecule has 28 heavy (non-hydrogen) atoms. The molecule has 1 aliphatic heterocycles. The van der Waals surface area contributed by atoms with Crippen LogP contribution in [0.2, 0.25) is 0 Å². The van der Waals surface area contributed by atoms with Crippen LogP contribution in [0.15, 0.2) is 55.2 Å². The van der Waals surface area contributed by atoms with Gasteiger partial charge in [0.15, 0.2) is 5.82 Å². The average molecular weight is 377 g/mol. The second-order valence-corrected chi connectivity index (χ2v) is 7.02. The number of benzene rings is 1. The molecule has 3 heterocycles. The highest BCUT2D eigenvalue weighted by atomic mass is 16.2. The van der Waals surface area contributed by atoms with Gasteiger partial charge in [-0.1, -0.05) is 25.1 Å². The number of piperidine rings is 1. The molecular formula is C20H23N7O. The maximum absolute atomic E-state index is 12.2. The third-order valence-electron chi connectivity index (χ3n) is 4.89. The van der Waals surface area contributed by atoms with E-state index in [9.17, 15) is 4.79 Å². The highest BCUT2D eigenvalue weighted by Gasteiger charge is 2.20. The Morgan fingerprint density at radius 2 is 1.82 bits per heavy atom. The van der Waals surface area contributed by atoms with Crippen molar-refractivity contribution in [2.45, 2.75) is 19.8 Å². The lowest BCUT2D eigenvalue weighted by atomic mass is 9.99. The van der Waals surface area contributed by atoms with E-state index in [2.05, 4.69) is 37.5 Å². The first-order valence-electron chi connectivity index (χ1n) is 9.42. The van der Waals surface area contributed by atoms with Gasteiger partial charge in [-0.3, -0.25) is 0 Å². The fraction of sp³-hybridized carbons (Fsp3) is 0.300. The number of anilines is 3. The first kappa shape index (κ1) is 18.0. The predicted molar refractivity (Wildman–Crippen MR) is 109 cm³/mol. The molecule has 0 aliphatic carbocycles. The topological polar surface area (TPSA) is 88.0 Å². The van der Waals surface area contributed by atoms with E-state index in [1.807, 2.05) is 36.5 Å². The van der Waals surface area contributed by atoms with Crippen LogP contribution in [0.1, 0.15) is 19.8 Å². The minimum absolute atomic E-state index is 0.321. The quantitative estimate of drug-likeness (QED) is 0.726. The molecular weight excluding hydrogens is 354 g/mol. The molecule has 8 heteroatoms. The third kappa shape index (κ3) is 4.11. The van der Waals surface area contributed by atoms with Crippen molar-refractivity contribution in [1.29, 1.82) is 0 Å². The van der Waals surface area contributed by atoms with Crippen LogP contribution in [0.3, 0.4) is 0 Å². The van der Waals surface area contributed by atoms with Crippen LogP contribution in [0.5, 0.6) is 0 Å². The lowest BCUT2D eigenvalue weighted by Crippen LogP contribution is -2.33. The van der Waals surface area contributed by atoms with Crippen LogP contribution < -0.4 is 15.5 Å². The largest absolute Gasteiger partial charge is 0.367 e. The number of amides is 2. The first-order valence-corrected chi connectivity index (χ1v) is 9.42. The summed E-state index contributed by atoms with van der Waals surface area (Å²) in [5.41, 5.74) is 2.27. The molecule has 4 rings (SSSR count). The summed E-state index contributed by atoms with van der Waals surface area (Å²) in [5, 5.41) is 9.95. The van der Waals surface area contributed by atoms with Gasteiger partial charge in [0.1, 0.15) is 12.0 Å². The van der Waals surface area contributed by atoms with Gasteiger partial charge in [-0.15, -0.1) is 0 Å². The summed E-state index contributed by atoms with van der Waals surface area (Å²) in [5.74, 6) is 1.45. The summed E-state index contributed by atoms with van der Waals surface area (Å²) < 4.78 is 1.67. The van der Waals surface area contributed by atoms with Crippen LogP contribution in [-0.4, -0.2) is 38.9 Å². The molecule has 0 atom stereocenters. The number of nitrogens with one attached hydrogen (secondary N) is 2. The van der Waals surface area contributed by atoms with Crippen molar-refractivity contribution in [3.8, 4) is 5.82 Å². The Labute approximate surface area is 163 Å². The van der Waals surface area contributed by atoms with E-state index in [4.69, 9.17) is 0 Å². The fourth-order valence-corrected chi connectivity index (χ4v) is 3.28. The summed E-state index contributed by atoms with van der Waals surface area (Å²) >= 11 is 0. The van der Waals surface area contributed by atoms with E-state index < -0.39 is 0 Å². The van der Waals surface area contributed by atoms with E-state index in [-0.39, 0.29) is 6.03 Å². The number of carbonyl (C=O) groups excluding carboxylic acids is 1. The molecule has 1 aromatic carbocycles. The molecule has 0 radical (unpaired) electrons. The molecule has 1 fully saturated rings. The van der Waals surface area contributed by atoms with Gasteiger partial charge in [0.25, 0.3) is 0 Å². The molecule has 8 nitrogen and oxygen atoms in total. The van der Waals surface area contributed by atoms with Gasteiger partial charge in [0.05, 0.1) is 24.3 Å². The average Bonchev–Trinajstić information content (AvgIpc) is 3.17. The maximum Gasteiger partial charge on any atom is 0.323 e. The third-order valence-corrected chi connectivity index (χ3v) is 4.89. The van der Waals surface area contributed by atoms with Crippen LogP contribution in [0.25, 0.3) is 5.82 Å². The minimum Gasteiger partial charge on any atom is -0.367 e. The standard InChI is InChI=1S/C20H23N7O/c1-15-7-9-26(10-8-15)18-12-21-14-22-19(18)27-13-17(11-23-27)25-20(28)24-16-5-3-2-4-6-16/h2-6,11-15H,7-10H2,1H3,(H2,24,25,28). The van der Waals surface area contributed by atoms with Crippen molar-refractivity contribution in [1.82, 2.24) is 19.7 Å². The van der Waals surface area contributed by atoms with E-state index in [1.54, 1.807) is 17.1 Å². The number of carbonyl (C=O) groups is 1. The summed E-state index contributed by atoms with van der Waals surface area (Å²) in [6, 6.07) is 8.97. The zero-order chi connectivity index (χ0) is 19.3. The molecule has 0 bridgehead atoms. The number of rotatable bonds is 4. The maximum atomic E-state index is 12.2. The Hall–Kier alpha value is -3.42. The monoisotopic (exact) mass is 377 g/mol. The van der Waals surface area contributed by atoms with E-state index in [0.717, 1.165) is 43.2 Å². The SMILES string of the molecule is CC1CCN(c2cncnc2-n2cc(NC(=O)Nc3ccccc3)cn2)CC1. The van der Waals surface area contributed by atoms with Gasteiger partial charge in [-0.25, -0.2) is 19.4 Å². The molecule has 2 N–H and O–H groups in total. The van der Waals surface area contributed by atoms with E-state index in [0.29, 0.717) is 11.5 Å². The molecule has 0 unspecified atom stereocenters. The van der Waals surface area contributed by atoms with Gasteiger partial charge in [-0.05, 0) is 30.9 Å². The summed E-state index contributed by atoms with van der Waals surface area (Å²) in [4.78, 5) is 23.1. The Morgan fingerprint density at radius 3 is 2.61 bits per heavy atom. The normalized spacial score (nSPS) is 14.7. The minimum atomic E-state index is -0.321. The van der Waals surface area contributed by atoms with Crippen LogP contribution in [-0.2, 0) is 0 Å². The van der Waals surface area contributed by atoms with Gasteiger partial charge in [0.2, 0.25) is 0 Å². The number of nitrogens with zero attached hydrogens (tertiary/aromatic N) is 5. The summed E-state index contributed by atoms with van der Waals surface area (Å²) in [6.45, 7) is 4.24. The Balaban J connectivity index is 1.48. The molecule has 3 aromatic rings. The summed E-state index contributed by atoms with van der Waals surface area (Å²) in [6.07, 6.45) is 9.01. The van der Waals surface area contributed by atoms with Crippen LogP contribution in [0, 0.1) is 5.92 Å². The van der Waals surface area contributed by atoms with E-state index >= 15 is 0 Å². The van der Waals surface area contributed by atoms with Crippen molar-refractivity contribution in [2.75, 3.05) is 28.6 Å². The Morgan fingerprint density at radius 1 is 1.07 bits per heavy atom. The number of para-hydroxylation sites is 1. The number of hydrogen-bond donors (Lipinski definition) is 2. The highest BCUT2D eigenvalue weighted by Crippen LogP contribution is 2.26. The van der Waals surface area contributed by atoms with Crippen LogP contribution in [0.4, 0.5) is 21.9 Å². The molecule has 0 saturated carbocycles.